The third kappa shape index (κ3) is 6.88. The summed E-state index contributed by atoms with van der Waals surface area (Å²) in [6.45, 7) is 3.22. The van der Waals surface area contributed by atoms with Crippen LogP contribution in [0.25, 0.3) is 5.70 Å². The van der Waals surface area contributed by atoms with E-state index in [1.54, 1.807) is 91.1 Å². The Bertz CT molecular complexity index is 1410. The molecule has 3 N–H and O–H groups in total. The molecular formula is C32H33N3O6. The quantitative estimate of drug-likeness (QED) is 0.353. The second-order valence-corrected chi connectivity index (χ2v) is 10.2. The van der Waals surface area contributed by atoms with Gasteiger partial charge < -0.3 is 20.4 Å². The van der Waals surface area contributed by atoms with Crippen LogP contribution in [0, 0.1) is 5.92 Å². The van der Waals surface area contributed by atoms with E-state index in [1.165, 1.54) is 9.80 Å². The van der Waals surface area contributed by atoms with Gasteiger partial charge in [-0.25, -0.2) is 4.79 Å². The summed E-state index contributed by atoms with van der Waals surface area (Å²) in [6.07, 6.45) is -0.191. The molecule has 0 fully saturated rings. The number of aliphatic hydroxyl groups excluding tert-OH is 1. The number of nitrogens with one attached hydrogen (secondary N) is 1. The van der Waals surface area contributed by atoms with Crippen LogP contribution >= 0.6 is 0 Å². The molecule has 3 atom stereocenters. The average molecular weight is 556 g/mol. The summed E-state index contributed by atoms with van der Waals surface area (Å²) in [5.41, 5.74) is 2.12. The normalized spacial score (nSPS) is 16.6. The Morgan fingerprint density at radius 1 is 0.878 bits per heavy atom. The number of hydrogen-bond donors (Lipinski definition) is 3. The largest absolute Gasteiger partial charge is 0.479 e. The predicted octanol–water partition coefficient (Wildman–Crippen LogP) is 3.17. The summed E-state index contributed by atoms with van der Waals surface area (Å²) in [7, 11) is 0. The lowest BCUT2D eigenvalue weighted by atomic mass is 9.96. The molecule has 9 heteroatoms. The molecule has 9 nitrogen and oxygen atoms in total. The molecule has 212 valence electrons. The van der Waals surface area contributed by atoms with Crippen LogP contribution < -0.4 is 5.32 Å². The smallest absolute Gasteiger partial charge is 0.334 e. The van der Waals surface area contributed by atoms with E-state index in [1.807, 2.05) is 19.9 Å². The Kier molecular flexibility index (Phi) is 9.31. The predicted molar refractivity (Wildman–Crippen MR) is 153 cm³/mol. The Labute approximate surface area is 238 Å². The molecular weight excluding hydrogens is 522 g/mol. The van der Waals surface area contributed by atoms with Gasteiger partial charge in [0.25, 0.3) is 11.8 Å². The second kappa shape index (κ2) is 13.1. The van der Waals surface area contributed by atoms with Crippen LogP contribution in [0.3, 0.4) is 0 Å². The molecule has 3 aromatic carbocycles. The molecule has 0 aromatic heterocycles. The number of rotatable bonds is 10. The van der Waals surface area contributed by atoms with Crippen molar-refractivity contribution in [3.63, 3.8) is 0 Å². The highest BCUT2D eigenvalue weighted by atomic mass is 16.4. The highest BCUT2D eigenvalue weighted by Crippen LogP contribution is 2.31. The van der Waals surface area contributed by atoms with E-state index in [4.69, 9.17) is 0 Å². The van der Waals surface area contributed by atoms with Gasteiger partial charge in [-0.05, 0) is 35.6 Å². The van der Waals surface area contributed by atoms with Gasteiger partial charge in [-0.1, -0.05) is 92.7 Å². The fourth-order valence-corrected chi connectivity index (χ4v) is 4.88. The molecule has 1 aliphatic heterocycles. The molecule has 0 radical (unpaired) electrons. The van der Waals surface area contributed by atoms with Gasteiger partial charge in [0.05, 0.1) is 11.7 Å². The fourth-order valence-electron chi connectivity index (χ4n) is 4.88. The maximum Gasteiger partial charge on any atom is 0.334 e. The van der Waals surface area contributed by atoms with Crippen molar-refractivity contribution in [2.24, 2.45) is 5.92 Å². The van der Waals surface area contributed by atoms with Gasteiger partial charge in [0.15, 0.2) is 6.10 Å². The molecule has 1 heterocycles. The first kappa shape index (κ1) is 29.2. The van der Waals surface area contributed by atoms with Crippen LogP contribution in [0.1, 0.15) is 35.3 Å². The lowest BCUT2D eigenvalue weighted by Gasteiger charge is -2.41. The highest BCUT2D eigenvalue weighted by Gasteiger charge is 2.41. The van der Waals surface area contributed by atoms with E-state index < -0.39 is 42.5 Å². The van der Waals surface area contributed by atoms with Crippen LogP contribution in [0.5, 0.6) is 0 Å². The number of carboxylic acid groups (broad SMARTS) is 1. The number of nitrogens with zero attached hydrogens (tertiary/aromatic N) is 2. The van der Waals surface area contributed by atoms with Gasteiger partial charge in [0.1, 0.15) is 12.6 Å². The number of carboxylic acids is 1. The van der Waals surface area contributed by atoms with Crippen molar-refractivity contribution in [3.8, 4) is 0 Å². The van der Waals surface area contributed by atoms with Gasteiger partial charge in [0.2, 0.25) is 5.91 Å². The number of hydrogen-bond acceptors (Lipinski definition) is 5. The van der Waals surface area contributed by atoms with Crippen LogP contribution in [0.4, 0.5) is 0 Å². The lowest BCUT2D eigenvalue weighted by molar-refractivity contribution is -0.149. The van der Waals surface area contributed by atoms with Crippen molar-refractivity contribution in [3.05, 3.63) is 114 Å². The van der Waals surface area contributed by atoms with Gasteiger partial charge in [-0.2, -0.15) is 0 Å². The molecule has 0 bridgehead atoms. The molecule has 1 unspecified atom stereocenters. The van der Waals surface area contributed by atoms with Crippen molar-refractivity contribution in [2.75, 3.05) is 6.54 Å². The Morgan fingerprint density at radius 2 is 1.44 bits per heavy atom. The standard InChI is InChI=1S/C32H33N3O6/c1-21(2)28-31(39)34(20-27(36)33-25(29(37)32(40)41)18-22-12-6-3-7-13-22)26(23-14-8-4-9-15-23)19-35(28)30(38)24-16-10-5-11-17-24/h3-17,19,21,25,28-29,37H,18,20H2,1-2H3,(H,33,36)(H,40,41)/t25-,28+,29?/m0/s1. The SMILES string of the molecule is CC(C)[C@@H]1C(=O)N(CC(=O)N[C@@H](Cc2ccccc2)C(O)C(=O)O)C(c2ccccc2)=CN1C(=O)c1ccccc1. The Hall–Kier alpha value is -4.76. The van der Waals surface area contributed by atoms with Crippen molar-refractivity contribution >= 4 is 29.4 Å². The minimum Gasteiger partial charge on any atom is -0.479 e. The van der Waals surface area contributed by atoms with E-state index in [2.05, 4.69) is 5.32 Å². The van der Waals surface area contributed by atoms with E-state index >= 15 is 0 Å². The molecule has 0 saturated heterocycles. The summed E-state index contributed by atoms with van der Waals surface area (Å²) in [5, 5.41) is 22.4. The molecule has 4 rings (SSSR count). The Balaban J connectivity index is 1.67. The first-order chi connectivity index (χ1) is 19.7. The van der Waals surface area contributed by atoms with Gasteiger partial charge >= 0.3 is 5.97 Å². The third-order valence-corrected chi connectivity index (χ3v) is 6.91. The van der Waals surface area contributed by atoms with Crippen molar-refractivity contribution in [1.29, 1.82) is 0 Å². The van der Waals surface area contributed by atoms with E-state index in [0.717, 1.165) is 5.56 Å². The lowest BCUT2D eigenvalue weighted by Crippen LogP contribution is -2.57. The molecule has 0 aliphatic carbocycles. The van der Waals surface area contributed by atoms with Crippen LogP contribution in [0.15, 0.2) is 97.2 Å². The zero-order valence-corrected chi connectivity index (χ0v) is 22.9. The summed E-state index contributed by atoms with van der Waals surface area (Å²) in [4.78, 5) is 55.3. The van der Waals surface area contributed by atoms with Crippen molar-refractivity contribution in [1.82, 2.24) is 15.1 Å². The van der Waals surface area contributed by atoms with Crippen molar-refractivity contribution < 1.29 is 29.4 Å². The molecule has 1 aliphatic rings. The summed E-state index contributed by atoms with van der Waals surface area (Å²) in [5.74, 6) is -3.19. The summed E-state index contributed by atoms with van der Waals surface area (Å²) >= 11 is 0. The number of carbonyl (C=O) groups is 4. The van der Waals surface area contributed by atoms with Crippen LogP contribution in [-0.2, 0) is 20.8 Å². The molecule has 41 heavy (non-hydrogen) atoms. The topological polar surface area (TPSA) is 127 Å². The molecule has 0 saturated carbocycles. The number of carbonyl (C=O) groups excluding carboxylic acids is 3. The molecule has 3 amide bonds. The first-order valence-electron chi connectivity index (χ1n) is 13.4. The maximum absolute atomic E-state index is 14.0. The first-order valence-corrected chi connectivity index (χ1v) is 13.4. The highest BCUT2D eigenvalue weighted by molar-refractivity contribution is 6.03. The number of benzene rings is 3. The van der Waals surface area contributed by atoms with Crippen LogP contribution in [-0.4, -0.2) is 68.4 Å². The monoisotopic (exact) mass is 555 g/mol. The second-order valence-electron chi connectivity index (χ2n) is 10.2. The van der Waals surface area contributed by atoms with E-state index in [-0.39, 0.29) is 18.2 Å². The fraction of sp³-hybridized carbons (Fsp3) is 0.250. The zero-order chi connectivity index (χ0) is 29.5. The number of amides is 3. The van der Waals surface area contributed by atoms with Gasteiger partial charge in [-0.15, -0.1) is 0 Å². The van der Waals surface area contributed by atoms with Crippen molar-refractivity contribution in [2.45, 2.75) is 38.5 Å². The molecule has 0 spiro atoms. The van der Waals surface area contributed by atoms with E-state index in [0.29, 0.717) is 16.8 Å². The minimum absolute atomic E-state index is 0.0728. The number of aliphatic hydroxyl groups is 1. The maximum atomic E-state index is 14.0. The average Bonchev–Trinajstić information content (AvgIpc) is 2.98. The zero-order valence-electron chi connectivity index (χ0n) is 22.9. The third-order valence-electron chi connectivity index (χ3n) is 6.91. The Morgan fingerprint density at radius 3 is 2.00 bits per heavy atom. The number of aliphatic carboxylic acids is 1. The van der Waals surface area contributed by atoms with Gasteiger partial charge in [0, 0.05) is 11.8 Å². The minimum atomic E-state index is -1.86. The van der Waals surface area contributed by atoms with Gasteiger partial charge in [-0.3, -0.25) is 19.3 Å². The van der Waals surface area contributed by atoms with E-state index in [9.17, 15) is 29.4 Å². The summed E-state index contributed by atoms with van der Waals surface area (Å²) in [6, 6.07) is 24.5. The molecule has 3 aromatic rings. The summed E-state index contributed by atoms with van der Waals surface area (Å²) < 4.78 is 0. The van der Waals surface area contributed by atoms with Crippen LogP contribution in [0.2, 0.25) is 0 Å².